The average Bonchev–Trinajstić information content (AvgIpc) is 3.23. The number of nitrogens with zero attached hydrogens (tertiary/aromatic N) is 3. The topological polar surface area (TPSA) is 69.0 Å². The normalized spacial score (nSPS) is 10.6. The zero-order chi connectivity index (χ0) is 21.6. The van der Waals surface area contributed by atoms with Gasteiger partial charge in [0.15, 0.2) is 11.0 Å². The summed E-state index contributed by atoms with van der Waals surface area (Å²) in [6.07, 6.45) is 0. The van der Waals surface area contributed by atoms with Gasteiger partial charge in [0.2, 0.25) is 5.91 Å². The fraction of sp³-hybridized carbons (Fsp3) is 0.125. The molecular formula is C24H22N4O2S. The number of amides is 1. The summed E-state index contributed by atoms with van der Waals surface area (Å²) in [5.74, 6) is 1.58. The lowest BCUT2D eigenvalue weighted by atomic mass is 10.2. The zero-order valence-electron chi connectivity index (χ0n) is 17.3. The van der Waals surface area contributed by atoms with E-state index in [1.165, 1.54) is 11.8 Å². The van der Waals surface area contributed by atoms with Crippen molar-refractivity contribution in [2.75, 3.05) is 18.2 Å². The van der Waals surface area contributed by atoms with E-state index in [4.69, 9.17) is 4.74 Å². The molecule has 1 N–H and O–H groups in total. The van der Waals surface area contributed by atoms with Crippen LogP contribution in [0.3, 0.4) is 0 Å². The van der Waals surface area contributed by atoms with Crippen molar-refractivity contribution in [1.29, 1.82) is 0 Å². The molecule has 1 heterocycles. The molecule has 1 aromatic heterocycles. The lowest BCUT2D eigenvalue weighted by Crippen LogP contribution is -2.14. The second kappa shape index (κ2) is 9.49. The fourth-order valence-corrected chi connectivity index (χ4v) is 3.89. The van der Waals surface area contributed by atoms with Crippen molar-refractivity contribution >= 4 is 23.4 Å². The Labute approximate surface area is 185 Å². The first-order chi connectivity index (χ1) is 15.1. The predicted molar refractivity (Wildman–Crippen MR) is 124 cm³/mol. The monoisotopic (exact) mass is 430 g/mol. The number of aromatic nitrogens is 3. The van der Waals surface area contributed by atoms with Crippen LogP contribution < -0.4 is 10.1 Å². The van der Waals surface area contributed by atoms with Gasteiger partial charge in [0.25, 0.3) is 0 Å². The maximum atomic E-state index is 12.5. The Kier molecular flexibility index (Phi) is 6.33. The van der Waals surface area contributed by atoms with E-state index in [1.807, 2.05) is 84.3 Å². The van der Waals surface area contributed by atoms with E-state index in [1.54, 1.807) is 7.11 Å². The quantitative estimate of drug-likeness (QED) is 0.419. The molecule has 0 aliphatic carbocycles. The van der Waals surface area contributed by atoms with Crippen molar-refractivity contribution in [2.45, 2.75) is 12.1 Å². The molecule has 4 aromatic rings. The van der Waals surface area contributed by atoms with Crippen LogP contribution in [0.15, 0.2) is 84.0 Å². The number of nitrogens with one attached hydrogen (secondary N) is 1. The molecule has 0 saturated carbocycles. The molecule has 1 amide bonds. The lowest BCUT2D eigenvalue weighted by molar-refractivity contribution is -0.113. The average molecular weight is 431 g/mol. The molecule has 0 aliphatic rings. The number of aryl methyl sites for hydroxylation is 1. The molecular weight excluding hydrogens is 408 g/mol. The van der Waals surface area contributed by atoms with Gasteiger partial charge in [-0.3, -0.25) is 9.36 Å². The second-order valence-corrected chi connectivity index (χ2v) is 7.85. The molecule has 0 spiro atoms. The van der Waals surface area contributed by atoms with Crippen LogP contribution in [0.2, 0.25) is 0 Å². The standard InChI is InChI=1S/C24H22N4O2S/c1-17-7-6-10-20(15-17)28-23(18-8-4-3-5-9-18)26-27-24(28)31-16-22(29)25-19-11-13-21(30-2)14-12-19/h3-15H,16H2,1-2H3,(H,25,29). The molecule has 4 rings (SSSR count). The zero-order valence-corrected chi connectivity index (χ0v) is 18.1. The van der Waals surface area contributed by atoms with Crippen LogP contribution in [0.25, 0.3) is 17.1 Å². The molecule has 31 heavy (non-hydrogen) atoms. The van der Waals surface area contributed by atoms with Gasteiger partial charge < -0.3 is 10.1 Å². The van der Waals surface area contributed by atoms with Crippen LogP contribution in [0.5, 0.6) is 5.75 Å². The summed E-state index contributed by atoms with van der Waals surface area (Å²) in [4.78, 5) is 12.5. The third-order valence-electron chi connectivity index (χ3n) is 4.63. The summed E-state index contributed by atoms with van der Waals surface area (Å²) in [5, 5.41) is 12.4. The number of benzene rings is 3. The van der Waals surface area contributed by atoms with Crippen molar-refractivity contribution in [2.24, 2.45) is 0 Å². The summed E-state index contributed by atoms with van der Waals surface area (Å²) >= 11 is 1.35. The van der Waals surface area contributed by atoms with Crippen molar-refractivity contribution in [3.63, 3.8) is 0 Å². The Balaban J connectivity index is 1.56. The number of anilines is 1. The smallest absolute Gasteiger partial charge is 0.234 e. The first-order valence-electron chi connectivity index (χ1n) is 9.78. The van der Waals surface area contributed by atoms with Gasteiger partial charge in [-0.1, -0.05) is 54.2 Å². The highest BCUT2D eigenvalue weighted by atomic mass is 32.2. The highest BCUT2D eigenvalue weighted by molar-refractivity contribution is 7.99. The van der Waals surface area contributed by atoms with Gasteiger partial charge in [-0.25, -0.2) is 0 Å². The van der Waals surface area contributed by atoms with Crippen molar-refractivity contribution in [1.82, 2.24) is 14.8 Å². The van der Waals surface area contributed by atoms with E-state index < -0.39 is 0 Å². The molecule has 0 radical (unpaired) electrons. The first kappa shape index (κ1) is 20.7. The van der Waals surface area contributed by atoms with Gasteiger partial charge in [-0.2, -0.15) is 0 Å². The summed E-state index contributed by atoms with van der Waals surface area (Å²) in [6, 6.07) is 25.3. The molecule has 0 unspecified atom stereocenters. The number of ether oxygens (including phenoxy) is 1. The van der Waals surface area contributed by atoms with Crippen LogP contribution in [-0.4, -0.2) is 33.5 Å². The minimum absolute atomic E-state index is 0.116. The van der Waals surface area contributed by atoms with Gasteiger partial charge in [-0.05, 0) is 48.9 Å². The molecule has 3 aromatic carbocycles. The summed E-state index contributed by atoms with van der Waals surface area (Å²) in [5.41, 5.74) is 3.78. The molecule has 0 bridgehead atoms. The Morgan fingerprint density at radius 3 is 2.48 bits per heavy atom. The molecule has 0 atom stereocenters. The molecule has 0 fully saturated rings. The SMILES string of the molecule is COc1ccc(NC(=O)CSc2nnc(-c3ccccc3)n2-c2cccc(C)c2)cc1. The van der Waals surface area contributed by atoms with Crippen LogP contribution in [-0.2, 0) is 4.79 Å². The number of carbonyl (C=O) groups excluding carboxylic acids is 1. The van der Waals surface area contributed by atoms with Gasteiger partial charge in [0.1, 0.15) is 5.75 Å². The number of methoxy groups -OCH3 is 1. The van der Waals surface area contributed by atoms with E-state index in [2.05, 4.69) is 21.6 Å². The van der Waals surface area contributed by atoms with Gasteiger partial charge >= 0.3 is 0 Å². The number of rotatable bonds is 7. The van der Waals surface area contributed by atoms with Crippen molar-refractivity contribution < 1.29 is 9.53 Å². The number of thioether (sulfide) groups is 1. The van der Waals surface area contributed by atoms with Crippen LogP contribution in [0.4, 0.5) is 5.69 Å². The highest BCUT2D eigenvalue weighted by Crippen LogP contribution is 2.28. The van der Waals surface area contributed by atoms with Gasteiger partial charge in [-0.15, -0.1) is 10.2 Å². The maximum Gasteiger partial charge on any atom is 0.234 e. The largest absolute Gasteiger partial charge is 0.497 e. The molecule has 156 valence electrons. The number of hydrogen-bond donors (Lipinski definition) is 1. The third kappa shape index (κ3) is 4.95. The first-order valence-corrected chi connectivity index (χ1v) is 10.8. The minimum Gasteiger partial charge on any atom is -0.497 e. The van der Waals surface area contributed by atoms with Crippen molar-refractivity contribution in [3.05, 3.63) is 84.4 Å². The minimum atomic E-state index is -0.116. The van der Waals surface area contributed by atoms with Crippen LogP contribution >= 0.6 is 11.8 Å². The van der Waals surface area contributed by atoms with Crippen LogP contribution in [0, 0.1) is 6.92 Å². The van der Waals surface area contributed by atoms with Gasteiger partial charge in [0, 0.05) is 16.9 Å². The van der Waals surface area contributed by atoms with Crippen LogP contribution in [0.1, 0.15) is 5.56 Å². The van der Waals surface area contributed by atoms with Crippen molar-refractivity contribution in [3.8, 4) is 22.8 Å². The fourth-order valence-electron chi connectivity index (χ4n) is 3.14. The Bertz CT molecular complexity index is 1170. The van der Waals surface area contributed by atoms with E-state index in [0.717, 1.165) is 34.1 Å². The summed E-state index contributed by atoms with van der Waals surface area (Å²) < 4.78 is 7.14. The summed E-state index contributed by atoms with van der Waals surface area (Å²) in [7, 11) is 1.61. The summed E-state index contributed by atoms with van der Waals surface area (Å²) in [6.45, 7) is 2.05. The Morgan fingerprint density at radius 2 is 1.77 bits per heavy atom. The Morgan fingerprint density at radius 1 is 1.00 bits per heavy atom. The maximum absolute atomic E-state index is 12.5. The van der Waals surface area contributed by atoms with E-state index >= 15 is 0 Å². The van der Waals surface area contributed by atoms with E-state index in [0.29, 0.717) is 5.16 Å². The highest BCUT2D eigenvalue weighted by Gasteiger charge is 2.17. The second-order valence-electron chi connectivity index (χ2n) is 6.91. The lowest BCUT2D eigenvalue weighted by Gasteiger charge is -2.11. The number of hydrogen-bond acceptors (Lipinski definition) is 5. The van der Waals surface area contributed by atoms with Gasteiger partial charge in [0.05, 0.1) is 12.9 Å². The molecule has 0 saturated heterocycles. The Hall–Kier alpha value is -3.58. The number of carbonyl (C=O) groups is 1. The predicted octanol–water partition coefficient (Wildman–Crippen LogP) is 4.98. The molecule has 6 nitrogen and oxygen atoms in total. The molecule has 7 heteroatoms. The molecule has 0 aliphatic heterocycles. The van der Waals surface area contributed by atoms with E-state index in [9.17, 15) is 4.79 Å². The third-order valence-corrected chi connectivity index (χ3v) is 5.56. The van der Waals surface area contributed by atoms with E-state index in [-0.39, 0.29) is 11.7 Å².